The molecular weight excluding hydrogens is 366 g/mol. The molecule has 2 aromatic rings. The maximum atomic E-state index is 12.5. The van der Waals surface area contributed by atoms with Gasteiger partial charge in [0, 0.05) is 13.7 Å². The average Bonchev–Trinajstić information content (AvgIpc) is 2.70. The molecule has 0 radical (unpaired) electrons. The molecule has 158 valence electrons. The van der Waals surface area contributed by atoms with Crippen LogP contribution in [-0.4, -0.2) is 38.9 Å². The molecule has 0 fully saturated rings. The van der Waals surface area contributed by atoms with Crippen LogP contribution in [0, 0.1) is 6.92 Å². The molecule has 0 heterocycles. The zero-order chi connectivity index (χ0) is 21.2. The van der Waals surface area contributed by atoms with E-state index in [0.717, 1.165) is 17.7 Å². The molecule has 2 aromatic carbocycles. The second-order valence-corrected chi connectivity index (χ2v) is 7.44. The minimum absolute atomic E-state index is 0.0775. The maximum absolute atomic E-state index is 12.5. The molecule has 0 saturated heterocycles. The Morgan fingerprint density at radius 2 is 1.66 bits per heavy atom. The fourth-order valence-electron chi connectivity index (χ4n) is 3.07. The van der Waals surface area contributed by atoms with E-state index in [9.17, 15) is 4.79 Å². The van der Waals surface area contributed by atoms with Crippen LogP contribution in [0.2, 0.25) is 0 Å². The van der Waals surface area contributed by atoms with E-state index in [1.807, 2.05) is 32.0 Å². The van der Waals surface area contributed by atoms with Crippen molar-refractivity contribution < 1.29 is 19.0 Å². The Morgan fingerprint density at radius 3 is 2.28 bits per heavy atom. The number of carbonyl (C=O) groups excluding carboxylic acids is 1. The Balaban J connectivity index is 1.83. The monoisotopic (exact) mass is 399 g/mol. The van der Waals surface area contributed by atoms with Crippen molar-refractivity contribution in [2.45, 2.75) is 52.2 Å². The molecule has 0 saturated carbocycles. The lowest BCUT2D eigenvalue weighted by molar-refractivity contribution is -0.131. The number of nitrogens with one attached hydrogen (secondary N) is 1. The summed E-state index contributed by atoms with van der Waals surface area (Å²) in [7, 11) is 3.21. The van der Waals surface area contributed by atoms with Gasteiger partial charge in [0.25, 0.3) is 0 Å². The molecule has 0 spiro atoms. The minimum atomic E-state index is -0.451. The topological polar surface area (TPSA) is 56.8 Å². The van der Waals surface area contributed by atoms with Gasteiger partial charge in [-0.05, 0) is 63.3 Å². The predicted molar refractivity (Wildman–Crippen MR) is 116 cm³/mol. The number of carbonyl (C=O) groups is 1. The van der Waals surface area contributed by atoms with Gasteiger partial charge in [0.05, 0.1) is 13.2 Å². The lowest BCUT2D eigenvalue weighted by atomic mass is 10.0. The van der Waals surface area contributed by atoms with Crippen molar-refractivity contribution >= 4 is 5.91 Å². The van der Waals surface area contributed by atoms with E-state index in [1.165, 1.54) is 11.1 Å². The van der Waals surface area contributed by atoms with Crippen molar-refractivity contribution in [1.29, 1.82) is 0 Å². The lowest BCUT2D eigenvalue weighted by Gasteiger charge is -2.16. The quantitative estimate of drug-likeness (QED) is 0.618. The van der Waals surface area contributed by atoms with E-state index < -0.39 is 6.10 Å². The summed E-state index contributed by atoms with van der Waals surface area (Å²) in [6.45, 7) is 6.56. The summed E-state index contributed by atoms with van der Waals surface area (Å²) in [5.41, 5.74) is 3.52. The first-order chi connectivity index (χ1) is 13.9. The van der Waals surface area contributed by atoms with Gasteiger partial charge in [-0.15, -0.1) is 0 Å². The average molecular weight is 400 g/mol. The fourth-order valence-corrected chi connectivity index (χ4v) is 3.07. The van der Waals surface area contributed by atoms with Crippen molar-refractivity contribution in [2.75, 3.05) is 20.8 Å². The van der Waals surface area contributed by atoms with Crippen LogP contribution in [0.1, 0.15) is 37.0 Å². The molecule has 1 atom stereocenters. The summed E-state index contributed by atoms with van der Waals surface area (Å²) in [5.74, 6) is 1.35. The van der Waals surface area contributed by atoms with Crippen LogP contribution in [0.4, 0.5) is 0 Å². The van der Waals surface area contributed by atoms with E-state index in [-0.39, 0.29) is 12.0 Å². The van der Waals surface area contributed by atoms with Gasteiger partial charge in [-0.25, -0.2) is 0 Å². The van der Waals surface area contributed by atoms with E-state index >= 15 is 0 Å². The van der Waals surface area contributed by atoms with Crippen molar-refractivity contribution in [3.05, 3.63) is 59.2 Å². The van der Waals surface area contributed by atoms with Crippen LogP contribution in [0.3, 0.4) is 0 Å². The van der Waals surface area contributed by atoms with Crippen molar-refractivity contribution in [1.82, 2.24) is 5.32 Å². The first-order valence-corrected chi connectivity index (χ1v) is 10.1. The predicted octanol–water partition coefficient (Wildman–Crippen LogP) is 4.10. The number of amides is 1. The van der Waals surface area contributed by atoms with Crippen molar-refractivity contribution in [3.8, 4) is 11.5 Å². The summed E-state index contributed by atoms with van der Waals surface area (Å²) in [4.78, 5) is 12.5. The van der Waals surface area contributed by atoms with Crippen molar-refractivity contribution in [3.63, 3.8) is 0 Å². The minimum Gasteiger partial charge on any atom is -0.493 e. The van der Waals surface area contributed by atoms with Crippen LogP contribution in [-0.2, 0) is 22.4 Å². The second-order valence-electron chi connectivity index (χ2n) is 7.44. The lowest BCUT2D eigenvalue weighted by Crippen LogP contribution is -2.37. The molecule has 0 bridgehead atoms. The number of hydrogen-bond donors (Lipinski definition) is 1. The van der Waals surface area contributed by atoms with Crippen LogP contribution < -0.4 is 14.8 Å². The SMILES string of the molecule is COc1cc(CCNC(=O)[C@@H](CCc2ccc(C)cc2)OC)ccc1OC(C)C. The number of rotatable bonds is 11. The van der Waals surface area contributed by atoms with E-state index in [2.05, 4.69) is 36.5 Å². The zero-order valence-corrected chi connectivity index (χ0v) is 18.2. The molecule has 2 rings (SSSR count). The maximum Gasteiger partial charge on any atom is 0.249 e. The number of methoxy groups -OCH3 is 2. The van der Waals surface area contributed by atoms with Gasteiger partial charge in [-0.2, -0.15) is 0 Å². The highest BCUT2D eigenvalue weighted by atomic mass is 16.5. The Labute approximate surface area is 174 Å². The number of aryl methyl sites for hydroxylation is 2. The third-order valence-corrected chi connectivity index (χ3v) is 4.70. The number of hydrogen-bond acceptors (Lipinski definition) is 4. The fraction of sp³-hybridized carbons (Fsp3) is 0.458. The third-order valence-electron chi connectivity index (χ3n) is 4.70. The molecule has 0 aliphatic rings. The van der Waals surface area contributed by atoms with Gasteiger partial charge in [-0.3, -0.25) is 4.79 Å². The molecule has 1 N–H and O–H groups in total. The van der Waals surface area contributed by atoms with Gasteiger partial charge in [0.15, 0.2) is 11.5 Å². The number of benzene rings is 2. The largest absolute Gasteiger partial charge is 0.493 e. The molecule has 0 aliphatic heterocycles. The Bertz CT molecular complexity index is 771. The van der Waals surface area contributed by atoms with Crippen LogP contribution in [0.5, 0.6) is 11.5 Å². The summed E-state index contributed by atoms with van der Waals surface area (Å²) < 4.78 is 16.6. The van der Waals surface area contributed by atoms with E-state index in [1.54, 1.807) is 14.2 Å². The summed E-state index contributed by atoms with van der Waals surface area (Å²) in [5, 5.41) is 2.98. The standard InChI is InChI=1S/C24H33NO4/c1-17(2)29-21-12-11-20(16-23(21)28-5)14-15-25-24(26)22(27-4)13-10-19-8-6-18(3)7-9-19/h6-9,11-12,16-17,22H,10,13-15H2,1-5H3,(H,25,26)/t22-/m1/s1. The molecule has 5 nitrogen and oxygen atoms in total. The molecule has 0 unspecified atom stereocenters. The molecule has 0 aliphatic carbocycles. The van der Waals surface area contributed by atoms with E-state index in [4.69, 9.17) is 14.2 Å². The number of ether oxygens (including phenoxy) is 3. The second kappa shape index (κ2) is 11.5. The van der Waals surface area contributed by atoms with Gasteiger partial charge in [0.2, 0.25) is 5.91 Å². The Morgan fingerprint density at radius 1 is 0.966 bits per heavy atom. The highest BCUT2D eigenvalue weighted by Gasteiger charge is 2.17. The summed E-state index contributed by atoms with van der Waals surface area (Å²) >= 11 is 0. The van der Waals surface area contributed by atoms with Crippen LogP contribution in [0.15, 0.2) is 42.5 Å². The first kappa shape index (κ1) is 22.8. The van der Waals surface area contributed by atoms with Gasteiger partial charge >= 0.3 is 0 Å². The van der Waals surface area contributed by atoms with Crippen LogP contribution in [0.25, 0.3) is 0 Å². The van der Waals surface area contributed by atoms with Gasteiger partial charge in [0.1, 0.15) is 6.10 Å². The molecule has 5 heteroatoms. The molecule has 29 heavy (non-hydrogen) atoms. The van der Waals surface area contributed by atoms with E-state index in [0.29, 0.717) is 25.1 Å². The Hall–Kier alpha value is -2.53. The van der Waals surface area contributed by atoms with Crippen LogP contribution >= 0.6 is 0 Å². The van der Waals surface area contributed by atoms with Crippen molar-refractivity contribution in [2.24, 2.45) is 0 Å². The summed E-state index contributed by atoms with van der Waals surface area (Å²) in [6.07, 6.45) is 1.80. The molecular formula is C24H33NO4. The first-order valence-electron chi connectivity index (χ1n) is 10.1. The summed E-state index contributed by atoms with van der Waals surface area (Å²) in [6, 6.07) is 14.2. The Kier molecular flexibility index (Phi) is 9.00. The zero-order valence-electron chi connectivity index (χ0n) is 18.2. The van der Waals surface area contributed by atoms with Gasteiger partial charge < -0.3 is 19.5 Å². The van der Waals surface area contributed by atoms with Gasteiger partial charge in [-0.1, -0.05) is 35.9 Å². The normalized spacial score (nSPS) is 11.9. The smallest absolute Gasteiger partial charge is 0.249 e. The molecule has 1 amide bonds. The third kappa shape index (κ3) is 7.42. The highest BCUT2D eigenvalue weighted by Crippen LogP contribution is 2.29. The molecule has 0 aromatic heterocycles. The highest BCUT2D eigenvalue weighted by molar-refractivity contribution is 5.80.